The van der Waals surface area contributed by atoms with Crippen molar-refractivity contribution < 1.29 is 4.79 Å². The minimum absolute atomic E-state index is 0.820. The Bertz CT molecular complexity index is 498. The van der Waals surface area contributed by atoms with E-state index in [-0.39, 0.29) is 0 Å². The van der Waals surface area contributed by atoms with Gasteiger partial charge in [-0.2, -0.15) is 0 Å². The summed E-state index contributed by atoms with van der Waals surface area (Å²) in [5, 5.41) is 2.22. The van der Waals surface area contributed by atoms with Gasteiger partial charge < -0.3 is 0 Å². The van der Waals surface area contributed by atoms with Gasteiger partial charge in [0.15, 0.2) is 6.29 Å². The summed E-state index contributed by atoms with van der Waals surface area (Å²) in [6.45, 7) is 4.00. The zero-order valence-electron chi connectivity index (χ0n) is 8.37. The van der Waals surface area contributed by atoms with Crippen LogP contribution < -0.4 is 0 Å². The summed E-state index contributed by atoms with van der Waals surface area (Å²) in [4.78, 5) is 11.0. The fraction of sp³-hybridized carbons (Fsp3) is 0.154. The van der Waals surface area contributed by atoms with E-state index in [9.17, 15) is 4.79 Å². The van der Waals surface area contributed by atoms with Crippen LogP contribution in [0.25, 0.3) is 10.8 Å². The van der Waals surface area contributed by atoms with E-state index in [1.165, 1.54) is 0 Å². The van der Waals surface area contributed by atoms with Crippen LogP contribution in [-0.4, -0.2) is 6.29 Å². The zero-order valence-corrected chi connectivity index (χ0v) is 8.37. The normalized spacial score (nSPS) is 10.4. The van der Waals surface area contributed by atoms with E-state index < -0.39 is 0 Å². The maximum atomic E-state index is 11.0. The molecule has 1 nitrogen and oxygen atoms in total. The highest BCUT2D eigenvalue weighted by molar-refractivity contribution is 6.01. The maximum absolute atomic E-state index is 11.0. The molecule has 1 heteroatoms. The van der Waals surface area contributed by atoms with Gasteiger partial charge in [0, 0.05) is 5.56 Å². The summed E-state index contributed by atoms with van der Waals surface area (Å²) in [7, 11) is 0. The van der Waals surface area contributed by atoms with E-state index in [0.29, 0.717) is 0 Å². The number of hydrogen-bond donors (Lipinski definition) is 0. The molecule has 0 fully saturated rings. The average Bonchev–Trinajstić information content (AvgIpc) is 2.19. The molecule has 0 heterocycles. The summed E-state index contributed by atoms with van der Waals surface area (Å²) in [6.07, 6.45) is 0.949. The molecule has 0 N–H and O–H groups in total. The Labute approximate surface area is 83.4 Å². The molecule has 0 saturated carbocycles. The molecular formula is C13H12O. The average molecular weight is 184 g/mol. The Hall–Kier alpha value is -1.63. The Balaban J connectivity index is 2.98. The van der Waals surface area contributed by atoms with Gasteiger partial charge in [-0.05, 0) is 35.7 Å². The number of carbonyl (C=O) groups is 1. The van der Waals surface area contributed by atoms with Gasteiger partial charge in [-0.1, -0.05) is 30.3 Å². The number of benzene rings is 2. The highest BCUT2D eigenvalue weighted by atomic mass is 16.1. The first-order valence-electron chi connectivity index (χ1n) is 4.68. The van der Waals surface area contributed by atoms with Gasteiger partial charge in [0.25, 0.3) is 0 Å². The van der Waals surface area contributed by atoms with Crippen molar-refractivity contribution >= 4 is 17.1 Å². The second-order valence-corrected chi connectivity index (χ2v) is 3.59. The van der Waals surface area contributed by atoms with Crippen LogP contribution in [0.5, 0.6) is 0 Å². The molecule has 0 aromatic heterocycles. The lowest BCUT2D eigenvalue weighted by Crippen LogP contribution is -1.90. The van der Waals surface area contributed by atoms with Gasteiger partial charge in [-0.25, -0.2) is 0 Å². The molecule has 2 aromatic rings. The number of rotatable bonds is 1. The molecule has 0 radical (unpaired) electrons. The number of hydrogen-bond acceptors (Lipinski definition) is 1. The van der Waals surface area contributed by atoms with Gasteiger partial charge in [0.05, 0.1) is 0 Å². The molecule has 0 saturated heterocycles. The number of aryl methyl sites for hydroxylation is 2. The molecule has 0 aliphatic heterocycles. The quantitative estimate of drug-likeness (QED) is 0.622. The van der Waals surface area contributed by atoms with Crippen molar-refractivity contribution in [3.05, 3.63) is 47.0 Å². The van der Waals surface area contributed by atoms with Crippen LogP contribution in [0.2, 0.25) is 0 Å². The first kappa shape index (κ1) is 8.95. The predicted molar refractivity (Wildman–Crippen MR) is 58.8 cm³/mol. The smallest absolute Gasteiger partial charge is 0.150 e. The summed E-state index contributed by atoms with van der Waals surface area (Å²) in [5.74, 6) is 0. The summed E-state index contributed by atoms with van der Waals surface area (Å²) >= 11 is 0. The zero-order chi connectivity index (χ0) is 10.1. The van der Waals surface area contributed by atoms with Crippen LogP contribution in [0.4, 0.5) is 0 Å². The topological polar surface area (TPSA) is 17.1 Å². The molecule has 0 spiro atoms. The number of carbonyl (C=O) groups excluding carboxylic acids is 1. The summed E-state index contributed by atoms with van der Waals surface area (Å²) in [6, 6.07) is 10.1. The molecule has 2 aromatic carbocycles. The molecular weight excluding hydrogens is 172 g/mol. The fourth-order valence-electron chi connectivity index (χ4n) is 1.85. The molecule has 14 heavy (non-hydrogen) atoms. The van der Waals surface area contributed by atoms with Crippen molar-refractivity contribution in [1.82, 2.24) is 0 Å². The van der Waals surface area contributed by atoms with Crippen molar-refractivity contribution in [3.8, 4) is 0 Å². The highest BCUT2D eigenvalue weighted by Gasteiger charge is 2.05. The van der Waals surface area contributed by atoms with Crippen LogP contribution in [0.3, 0.4) is 0 Å². The fourth-order valence-corrected chi connectivity index (χ4v) is 1.85. The predicted octanol–water partition coefficient (Wildman–Crippen LogP) is 3.27. The number of aldehydes is 1. The van der Waals surface area contributed by atoms with E-state index in [4.69, 9.17) is 0 Å². The third kappa shape index (κ3) is 1.22. The van der Waals surface area contributed by atoms with Gasteiger partial charge in [0.2, 0.25) is 0 Å². The van der Waals surface area contributed by atoms with Crippen LogP contribution in [0.1, 0.15) is 21.5 Å². The van der Waals surface area contributed by atoms with Crippen molar-refractivity contribution in [2.75, 3.05) is 0 Å². The molecule has 0 aliphatic rings. The van der Waals surface area contributed by atoms with Crippen LogP contribution >= 0.6 is 0 Å². The standard InChI is InChI=1S/C13H12O/c1-9-6-7-11-5-3-4-10(2)13(11)12(9)8-14/h3-8H,1-2H3. The van der Waals surface area contributed by atoms with Crippen molar-refractivity contribution in [2.24, 2.45) is 0 Å². The molecule has 0 atom stereocenters. The van der Waals surface area contributed by atoms with Crippen LogP contribution in [0, 0.1) is 13.8 Å². The minimum atomic E-state index is 0.820. The Kier molecular flexibility index (Phi) is 2.08. The van der Waals surface area contributed by atoms with Crippen LogP contribution in [-0.2, 0) is 0 Å². The number of fused-ring (bicyclic) bond motifs is 1. The monoisotopic (exact) mass is 184 g/mol. The van der Waals surface area contributed by atoms with E-state index >= 15 is 0 Å². The van der Waals surface area contributed by atoms with E-state index in [1.54, 1.807) is 0 Å². The largest absolute Gasteiger partial charge is 0.298 e. The lowest BCUT2D eigenvalue weighted by Gasteiger charge is -2.07. The first-order chi connectivity index (χ1) is 6.74. The molecule has 0 unspecified atom stereocenters. The van der Waals surface area contributed by atoms with Gasteiger partial charge in [-0.3, -0.25) is 4.79 Å². The first-order valence-corrected chi connectivity index (χ1v) is 4.68. The maximum Gasteiger partial charge on any atom is 0.150 e. The van der Waals surface area contributed by atoms with Crippen molar-refractivity contribution in [1.29, 1.82) is 0 Å². The molecule has 0 bridgehead atoms. The lowest BCUT2D eigenvalue weighted by atomic mass is 9.97. The molecule has 70 valence electrons. The van der Waals surface area contributed by atoms with Crippen LogP contribution in [0.15, 0.2) is 30.3 Å². The Morgan fingerprint density at radius 1 is 1.00 bits per heavy atom. The molecule has 0 aliphatic carbocycles. The van der Waals surface area contributed by atoms with Gasteiger partial charge in [0.1, 0.15) is 0 Å². The summed E-state index contributed by atoms with van der Waals surface area (Å²) < 4.78 is 0. The third-order valence-corrected chi connectivity index (χ3v) is 2.63. The Morgan fingerprint density at radius 2 is 1.79 bits per heavy atom. The highest BCUT2D eigenvalue weighted by Crippen LogP contribution is 2.23. The summed E-state index contributed by atoms with van der Waals surface area (Å²) in [5.41, 5.74) is 3.02. The molecule has 0 amide bonds. The minimum Gasteiger partial charge on any atom is -0.298 e. The van der Waals surface area contributed by atoms with Crippen molar-refractivity contribution in [3.63, 3.8) is 0 Å². The third-order valence-electron chi connectivity index (χ3n) is 2.63. The van der Waals surface area contributed by atoms with Gasteiger partial charge >= 0.3 is 0 Å². The Morgan fingerprint density at radius 3 is 2.50 bits per heavy atom. The molecule has 2 rings (SSSR count). The lowest BCUT2D eigenvalue weighted by molar-refractivity contribution is 0.112. The van der Waals surface area contributed by atoms with E-state index in [0.717, 1.165) is 33.7 Å². The second-order valence-electron chi connectivity index (χ2n) is 3.59. The van der Waals surface area contributed by atoms with Crippen molar-refractivity contribution in [2.45, 2.75) is 13.8 Å². The SMILES string of the molecule is Cc1ccc2cccc(C)c2c1C=O. The second kappa shape index (κ2) is 3.26. The van der Waals surface area contributed by atoms with E-state index in [1.807, 2.05) is 38.1 Å². The van der Waals surface area contributed by atoms with E-state index in [2.05, 4.69) is 6.07 Å². The van der Waals surface area contributed by atoms with Gasteiger partial charge in [-0.15, -0.1) is 0 Å².